The van der Waals surface area contributed by atoms with Crippen molar-refractivity contribution in [3.8, 4) is 0 Å². The molecule has 0 aromatic heterocycles. The molecule has 66 valence electrons. The van der Waals surface area contributed by atoms with Crippen LogP contribution in [-0.2, 0) is 4.79 Å². The number of hydrogen-bond acceptors (Lipinski definition) is 5. The first-order valence-corrected chi connectivity index (χ1v) is 1.84. The molecule has 0 amide bonds. The molecule has 12 heavy (non-hydrogen) atoms. The molecule has 0 spiro atoms. The molecule has 0 heterocycles. The summed E-state index contributed by atoms with van der Waals surface area (Å²) in [5.41, 5.74) is 0. The van der Waals surface area contributed by atoms with Gasteiger partial charge in [0.15, 0.2) is 0 Å². The van der Waals surface area contributed by atoms with Crippen molar-refractivity contribution >= 4 is 20.5 Å². The van der Waals surface area contributed by atoms with Gasteiger partial charge in [-0.15, -0.1) is 0 Å². The van der Waals surface area contributed by atoms with Crippen molar-refractivity contribution in [1.82, 2.24) is 0 Å². The van der Waals surface area contributed by atoms with E-state index in [-0.39, 0.29) is 8.41 Å². The second-order valence-corrected chi connectivity index (χ2v) is 1.04. The van der Waals surface area contributed by atoms with Crippen LogP contribution in [0.25, 0.3) is 0 Å². The number of rotatable bonds is 0. The second kappa shape index (κ2) is 6.31. The SMILES string of the molecule is O=C([O-])C(F)(F)F.O=C([O-])[O-].[B+3]. The van der Waals surface area contributed by atoms with Crippen molar-refractivity contribution < 1.29 is 38.1 Å². The van der Waals surface area contributed by atoms with Gasteiger partial charge in [0, 0.05) is 0 Å². The van der Waals surface area contributed by atoms with Gasteiger partial charge < -0.3 is 24.9 Å². The Balaban J connectivity index is -0.000000142. The Hall–Kier alpha value is -1.41. The number of carboxylic acids is 1. The van der Waals surface area contributed by atoms with Gasteiger partial charge in [0.25, 0.3) is 0 Å². The van der Waals surface area contributed by atoms with Gasteiger partial charge in [0.05, 0.1) is 0 Å². The zero-order valence-electron chi connectivity index (χ0n) is 5.25. The largest absolute Gasteiger partial charge is 3.00 e. The van der Waals surface area contributed by atoms with Crippen LogP contribution in [0.4, 0.5) is 18.0 Å². The van der Waals surface area contributed by atoms with Gasteiger partial charge in [0.1, 0.15) is 5.97 Å². The zero-order valence-corrected chi connectivity index (χ0v) is 5.25. The molecule has 0 aliphatic rings. The fraction of sp³-hybridized carbons (Fsp3) is 0.333. The molecule has 0 aromatic rings. The molecule has 9 heteroatoms. The van der Waals surface area contributed by atoms with E-state index in [1.807, 2.05) is 0 Å². The van der Waals surface area contributed by atoms with Gasteiger partial charge in [-0.2, -0.15) is 13.2 Å². The van der Waals surface area contributed by atoms with E-state index in [1.165, 1.54) is 0 Å². The van der Waals surface area contributed by atoms with E-state index < -0.39 is 18.3 Å². The molecule has 0 rings (SSSR count). The fourth-order valence-corrected chi connectivity index (χ4v) is 0. The minimum atomic E-state index is -5.19. The summed E-state index contributed by atoms with van der Waals surface area (Å²) >= 11 is 0. The second-order valence-electron chi connectivity index (χ2n) is 1.04. The smallest absolute Gasteiger partial charge is 0.652 e. The first-order valence-electron chi connectivity index (χ1n) is 1.84. The van der Waals surface area contributed by atoms with Crippen LogP contribution >= 0.6 is 0 Å². The van der Waals surface area contributed by atoms with E-state index in [9.17, 15) is 13.2 Å². The van der Waals surface area contributed by atoms with Crippen LogP contribution in [0, 0.1) is 0 Å². The third-order valence-electron chi connectivity index (χ3n) is 0.231. The van der Waals surface area contributed by atoms with Crippen LogP contribution in [0.5, 0.6) is 0 Å². The molecule has 0 aliphatic carbocycles. The Morgan fingerprint density at radius 1 is 1.00 bits per heavy atom. The Morgan fingerprint density at radius 2 is 1.08 bits per heavy atom. The summed E-state index contributed by atoms with van der Waals surface area (Å²) in [5.74, 6) is -3.01. The maximum absolute atomic E-state index is 10.5. The maximum atomic E-state index is 10.5. The van der Waals surface area contributed by atoms with Crippen LogP contribution < -0.4 is 15.3 Å². The summed E-state index contributed by atoms with van der Waals surface area (Å²) in [5, 5.41) is 25.5. The maximum Gasteiger partial charge on any atom is 3.00 e. The Morgan fingerprint density at radius 3 is 1.08 bits per heavy atom. The van der Waals surface area contributed by atoms with Crippen molar-refractivity contribution in [2.75, 3.05) is 0 Å². The van der Waals surface area contributed by atoms with Gasteiger partial charge in [0.2, 0.25) is 0 Å². The van der Waals surface area contributed by atoms with E-state index >= 15 is 0 Å². The molecular formula is C3BF3O5. The van der Waals surface area contributed by atoms with Gasteiger partial charge in [-0.05, 0) is 6.16 Å². The first kappa shape index (κ1) is 16.9. The van der Waals surface area contributed by atoms with Crippen molar-refractivity contribution in [3.63, 3.8) is 0 Å². The van der Waals surface area contributed by atoms with Crippen LogP contribution in [-0.4, -0.2) is 26.7 Å². The number of carboxylic acid groups (broad SMARTS) is 3. The molecule has 0 aromatic carbocycles. The molecule has 0 N–H and O–H groups in total. The predicted octanol–water partition coefficient (Wildman–Crippen LogP) is -3.53. The molecule has 5 nitrogen and oxygen atoms in total. The van der Waals surface area contributed by atoms with Gasteiger partial charge in [-0.1, -0.05) is 0 Å². The van der Waals surface area contributed by atoms with E-state index in [1.54, 1.807) is 0 Å². The molecule has 0 saturated heterocycles. The number of hydrogen-bond donors (Lipinski definition) is 0. The number of aliphatic carboxylic acids is 1. The molecule has 0 atom stereocenters. The van der Waals surface area contributed by atoms with E-state index in [0.29, 0.717) is 0 Å². The minimum absolute atomic E-state index is 0. The van der Waals surface area contributed by atoms with E-state index in [2.05, 4.69) is 0 Å². The fourth-order valence-electron chi connectivity index (χ4n) is 0. The zero-order chi connectivity index (χ0) is 9.65. The molecule has 0 saturated carbocycles. The first-order chi connectivity index (χ1) is 4.68. The number of halogens is 3. The van der Waals surface area contributed by atoms with Crippen molar-refractivity contribution in [2.24, 2.45) is 0 Å². The van der Waals surface area contributed by atoms with Gasteiger partial charge in [-0.25, -0.2) is 0 Å². The quantitative estimate of drug-likeness (QED) is 0.362. The summed E-state index contributed by atoms with van der Waals surface area (Å²) in [6.45, 7) is 0. The van der Waals surface area contributed by atoms with E-state index in [4.69, 9.17) is 24.9 Å². The topological polar surface area (TPSA) is 103 Å². The molecule has 0 bridgehead atoms. The predicted molar refractivity (Wildman–Crippen MR) is 22.2 cm³/mol. The van der Waals surface area contributed by atoms with Crippen LogP contribution in [0.2, 0.25) is 0 Å². The Labute approximate surface area is 66.0 Å². The Kier molecular flexibility index (Phi) is 8.90. The monoisotopic (exact) mass is 184 g/mol. The average Bonchev–Trinajstić information content (AvgIpc) is 1.59. The summed E-state index contributed by atoms with van der Waals surface area (Å²) in [4.78, 5) is 17.1. The molecule has 0 radical (unpaired) electrons. The Bertz CT molecular complexity index is 151. The third kappa shape index (κ3) is 23.5. The standard InChI is InChI=1S/C2HF3O2.CH2O3.B/c3-2(4,5)1(6)7;2-1(3)4;/h(H,6,7);(H2,2,3,4);/q;;+3/p-3. The van der Waals surface area contributed by atoms with Crippen molar-refractivity contribution in [1.29, 1.82) is 0 Å². The van der Waals surface area contributed by atoms with Crippen LogP contribution in [0.3, 0.4) is 0 Å². The molecular weight excluding hydrogens is 184 g/mol. The van der Waals surface area contributed by atoms with Gasteiger partial charge in [-0.3, -0.25) is 0 Å². The summed E-state index contributed by atoms with van der Waals surface area (Å²) in [7, 11) is 0. The molecule has 0 fully saturated rings. The molecule has 0 unspecified atom stereocenters. The van der Waals surface area contributed by atoms with Gasteiger partial charge >= 0.3 is 14.6 Å². The number of carbonyl (C=O) groups is 2. The van der Waals surface area contributed by atoms with Crippen molar-refractivity contribution in [2.45, 2.75) is 6.18 Å². The summed E-state index contributed by atoms with van der Waals surface area (Å²) in [6.07, 6.45) is -7.53. The summed E-state index contributed by atoms with van der Waals surface area (Å²) < 4.78 is 31.5. The number of carbonyl (C=O) groups excluding carboxylic acids is 2. The van der Waals surface area contributed by atoms with Crippen LogP contribution in [0.15, 0.2) is 0 Å². The minimum Gasteiger partial charge on any atom is -0.652 e. The molecule has 0 aliphatic heterocycles. The third-order valence-corrected chi connectivity index (χ3v) is 0.231. The normalized spacial score (nSPS) is 8.58. The van der Waals surface area contributed by atoms with Crippen LogP contribution in [0.1, 0.15) is 0 Å². The number of alkyl halides is 3. The average molecular weight is 184 g/mol. The van der Waals surface area contributed by atoms with E-state index in [0.717, 1.165) is 0 Å². The van der Waals surface area contributed by atoms with Crippen molar-refractivity contribution in [3.05, 3.63) is 0 Å². The summed E-state index contributed by atoms with van der Waals surface area (Å²) in [6, 6.07) is 0.